The van der Waals surface area contributed by atoms with E-state index >= 15 is 0 Å². The van der Waals surface area contributed by atoms with Gasteiger partial charge < -0.3 is 9.40 Å². The molecule has 0 saturated carbocycles. The standard InChI is InChI=1S/C8H6N2.C8H7N.C8H6O.C8H6S.5C2H6.CH2N4/c1-3-7-4-2-6-10-8(7)9-5-1;3*1-2-4-8-7(3-1)5-6-9-8;5*1-2;1-2-4-5-3-1/h1-6H;1-6,9H;2*1-6H;5*1-2H3;1H,(H,2,3,4,5). The van der Waals surface area contributed by atoms with E-state index in [2.05, 4.69) is 89.5 Å². The average molecular weight is 720 g/mol. The smallest absolute Gasteiger partial charge is 0.161 e. The Balaban J connectivity index is 0.000000595. The van der Waals surface area contributed by atoms with E-state index in [9.17, 15) is 0 Å². The van der Waals surface area contributed by atoms with Crippen LogP contribution in [0.15, 0.2) is 156 Å². The summed E-state index contributed by atoms with van der Waals surface area (Å²) in [5.41, 5.74) is 2.97. The molecule has 0 atom stereocenters. The molecule has 9 aromatic rings. The molecular weight excluding hydrogens is 663 g/mol. The molecule has 0 bridgehead atoms. The summed E-state index contributed by atoms with van der Waals surface area (Å²) in [6.45, 7) is 20.0. The monoisotopic (exact) mass is 719 g/mol. The van der Waals surface area contributed by atoms with Crippen LogP contribution < -0.4 is 0 Å². The molecule has 276 valence electrons. The van der Waals surface area contributed by atoms with Crippen molar-refractivity contribution < 1.29 is 4.42 Å². The highest BCUT2D eigenvalue weighted by molar-refractivity contribution is 7.17. The topological polar surface area (TPSA) is 109 Å². The first kappa shape index (κ1) is 46.3. The summed E-state index contributed by atoms with van der Waals surface area (Å²) in [6.07, 6.45) is 8.47. The van der Waals surface area contributed by atoms with E-state index in [1.807, 2.05) is 142 Å². The minimum atomic E-state index is 0.810. The molecule has 0 fully saturated rings. The normalized spacial score (nSPS) is 8.58. The number of hydrogen-bond acceptors (Lipinski definition) is 7. The predicted molar refractivity (Wildman–Crippen MR) is 227 cm³/mol. The summed E-state index contributed by atoms with van der Waals surface area (Å²) in [5.74, 6) is 0. The first-order valence-electron chi connectivity index (χ1n) is 18.1. The van der Waals surface area contributed by atoms with E-state index in [1.54, 1.807) is 30.0 Å². The highest BCUT2D eigenvalue weighted by atomic mass is 32.1. The number of nitrogens with one attached hydrogen (secondary N) is 2. The van der Waals surface area contributed by atoms with Gasteiger partial charge in [0.05, 0.1) is 6.26 Å². The molecule has 9 heteroatoms. The Morgan fingerprint density at radius 3 is 1.65 bits per heavy atom. The maximum absolute atomic E-state index is 5.12. The molecule has 0 amide bonds. The second-order valence-corrected chi connectivity index (χ2v) is 9.54. The van der Waals surface area contributed by atoms with Gasteiger partial charge in [-0.15, -0.1) is 21.5 Å². The van der Waals surface area contributed by atoms with Crippen LogP contribution in [-0.2, 0) is 0 Å². The lowest BCUT2D eigenvalue weighted by molar-refractivity contribution is 0.616. The molecule has 52 heavy (non-hydrogen) atoms. The Hall–Kier alpha value is -5.67. The van der Waals surface area contributed by atoms with Crippen molar-refractivity contribution in [3.05, 3.63) is 152 Å². The maximum Gasteiger partial charge on any atom is 0.161 e. The number of nitrogens with zero attached hydrogens (tertiary/aromatic N) is 5. The fourth-order valence-corrected chi connectivity index (χ4v) is 4.63. The van der Waals surface area contributed by atoms with Crippen molar-refractivity contribution in [3.63, 3.8) is 0 Å². The molecule has 0 spiro atoms. The zero-order valence-electron chi connectivity index (χ0n) is 32.5. The summed E-state index contributed by atoms with van der Waals surface area (Å²) < 4.78 is 6.49. The van der Waals surface area contributed by atoms with Gasteiger partial charge in [-0.05, 0) is 76.8 Å². The number of pyridine rings is 2. The highest BCUT2D eigenvalue weighted by Crippen LogP contribution is 2.19. The molecule has 0 unspecified atom stereocenters. The van der Waals surface area contributed by atoms with E-state index in [-0.39, 0.29) is 0 Å². The maximum atomic E-state index is 5.12. The van der Waals surface area contributed by atoms with Crippen LogP contribution in [0.3, 0.4) is 0 Å². The van der Waals surface area contributed by atoms with Crippen molar-refractivity contribution in [2.45, 2.75) is 69.2 Å². The van der Waals surface area contributed by atoms with Crippen LogP contribution in [0.25, 0.3) is 43.0 Å². The molecule has 0 aliphatic carbocycles. The van der Waals surface area contributed by atoms with Crippen molar-refractivity contribution in [1.82, 2.24) is 35.6 Å². The van der Waals surface area contributed by atoms with Crippen LogP contribution in [0.2, 0.25) is 0 Å². The van der Waals surface area contributed by atoms with Gasteiger partial charge in [-0.3, -0.25) is 0 Å². The van der Waals surface area contributed by atoms with Crippen LogP contribution in [0, 0.1) is 0 Å². The first-order chi connectivity index (χ1) is 25.9. The molecule has 2 N–H and O–H groups in total. The Morgan fingerprint density at radius 1 is 0.538 bits per heavy atom. The SMILES string of the molecule is CC.CC.CC.CC.CC.c1ccc2[nH]ccc2c1.c1ccc2occc2c1.c1ccc2sccc2c1.c1cnc2ncccc2c1.c1nn[nH]n1. The Labute approximate surface area is 314 Å². The number of para-hydroxylation sites is 2. The van der Waals surface area contributed by atoms with Crippen LogP contribution in [-0.4, -0.2) is 35.6 Å². The predicted octanol–water partition coefficient (Wildman–Crippen LogP) is 13.5. The quantitative estimate of drug-likeness (QED) is 0.161. The molecule has 6 aromatic heterocycles. The Morgan fingerprint density at radius 2 is 1.12 bits per heavy atom. The van der Waals surface area contributed by atoms with Crippen molar-refractivity contribution >= 4 is 54.3 Å². The van der Waals surface area contributed by atoms with Crippen molar-refractivity contribution in [2.75, 3.05) is 0 Å². The number of tetrazole rings is 1. The zero-order valence-corrected chi connectivity index (χ0v) is 33.3. The van der Waals surface area contributed by atoms with Gasteiger partial charge in [-0.1, -0.05) is 129 Å². The number of hydrogen-bond donors (Lipinski definition) is 2. The average Bonchev–Trinajstić information content (AvgIpc) is 4.11. The van der Waals surface area contributed by atoms with Gasteiger partial charge >= 0.3 is 0 Å². The number of fused-ring (bicyclic) bond motifs is 4. The van der Waals surface area contributed by atoms with E-state index < -0.39 is 0 Å². The third-order valence-corrected chi connectivity index (χ3v) is 6.73. The lowest BCUT2D eigenvalue weighted by atomic mass is 10.3. The van der Waals surface area contributed by atoms with Gasteiger partial charge in [-0.25, -0.2) is 9.97 Å². The van der Waals surface area contributed by atoms with Gasteiger partial charge in [0.1, 0.15) is 5.58 Å². The van der Waals surface area contributed by atoms with Gasteiger partial charge in [0.25, 0.3) is 0 Å². The second kappa shape index (κ2) is 32.5. The summed E-state index contributed by atoms with van der Waals surface area (Å²) in [6, 6.07) is 38.5. The second-order valence-electron chi connectivity index (χ2n) is 8.60. The summed E-state index contributed by atoms with van der Waals surface area (Å²) in [4.78, 5) is 11.3. The van der Waals surface area contributed by atoms with Crippen molar-refractivity contribution in [2.24, 2.45) is 0 Å². The molecule has 9 rings (SSSR count). The van der Waals surface area contributed by atoms with Crippen LogP contribution in [0.5, 0.6) is 0 Å². The van der Waals surface area contributed by atoms with Crippen molar-refractivity contribution in [1.29, 1.82) is 0 Å². The van der Waals surface area contributed by atoms with Gasteiger partial charge in [0.2, 0.25) is 0 Å². The highest BCUT2D eigenvalue weighted by Gasteiger charge is 1.90. The number of rotatable bonds is 0. The minimum absolute atomic E-state index is 0.810. The lowest BCUT2D eigenvalue weighted by Gasteiger charge is -1.90. The third kappa shape index (κ3) is 17.8. The van der Waals surface area contributed by atoms with E-state index in [0.717, 1.165) is 22.0 Å². The number of aromatic amines is 2. The minimum Gasteiger partial charge on any atom is -0.464 e. The fourth-order valence-electron chi connectivity index (χ4n) is 3.84. The Bertz CT molecular complexity index is 1700. The lowest BCUT2D eigenvalue weighted by Crippen LogP contribution is -1.78. The molecule has 0 aliphatic rings. The van der Waals surface area contributed by atoms with Crippen LogP contribution in [0.4, 0.5) is 0 Å². The number of H-pyrrole nitrogens is 2. The van der Waals surface area contributed by atoms with Crippen LogP contribution >= 0.6 is 11.3 Å². The van der Waals surface area contributed by atoms with Gasteiger partial charge in [-0.2, -0.15) is 5.21 Å². The van der Waals surface area contributed by atoms with Gasteiger partial charge in [0, 0.05) is 39.6 Å². The van der Waals surface area contributed by atoms with E-state index in [4.69, 9.17) is 4.42 Å². The molecule has 6 heterocycles. The number of aromatic nitrogens is 7. The molecule has 8 nitrogen and oxygen atoms in total. The summed E-state index contributed by atoms with van der Waals surface area (Å²) >= 11 is 1.79. The molecule has 0 aliphatic heterocycles. The molecule has 0 radical (unpaired) electrons. The molecule has 3 aromatic carbocycles. The Kier molecular flexibility index (Phi) is 29.0. The summed E-state index contributed by atoms with van der Waals surface area (Å²) in [7, 11) is 0. The number of furan rings is 1. The zero-order chi connectivity index (χ0) is 38.7. The fraction of sp³-hybridized carbons (Fsp3) is 0.233. The van der Waals surface area contributed by atoms with E-state index in [1.165, 1.54) is 27.3 Å². The first-order valence-corrected chi connectivity index (χ1v) is 18.9. The van der Waals surface area contributed by atoms with E-state index in [0.29, 0.717) is 0 Å². The molecular formula is C43H57N7OS. The molecule has 0 saturated heterocycles. The third-order valence-electron chi connectivity index (χ3n) is 5.83. The number of benzene rings is 3. The van der Waals surface area contributed by atoms with Gasteiger partial charge in [0.15, 0.2) is 12.0 Å². The van der Waals surface area contributed by atoms with Crippen LogP contribution in [0.1, 0.15) is 69.2 Å². The van der Waals surface area contributed by atoms with Crippen molar-refractivity contribution in [3.8, 4) is 0 Å². The number of thiophene rings is 1. The largest absolute Gasteiger partial charge is 0.464 e. The summed E-state index contributed by atoms with van der Waals surface area (Å²) in [5, 5.41) is 19.2.